The molecule has 0 saturated heterocycles. The molecule has 55 heavy (non-hydrogen) atoms. The molecule has 7 heteroatoms. The number of unbranched alkanes of at least 4 members (excludes halogenated alkanes) is 20. The lowest BCUT2D eigenvalue weighted by atomic mass is 9.95. The van der Waals surface area contributed by atoms with Crippen LogP contribution in [0.5, 0.6) is 0 Å². The van der Waals surface area contributed by atoms with Crippen molar-refractivity contribution in [2.24, 2.45) is 11.8 Å². The predicted molar refractivity (Wildman–Crippen MR) is 236 cm³/mol. The minimum Gasteiger partial charge on any atom is -0.465 e. The molecule has 0 radical (unpaired) electrons. The summed E-state index contributed by atoms with van der Waals surface area (Å²) < 4.78 is 11.6. The molecule has 0 aliphatic carbocycles. The van der Waals surface area contributed by atoms with E-state index in [0.717, 1.165) is 64.7 Å². The van der Waals surface area contributed by atoms with E-state index in [-0.39, 0.29) is 18.5 Å². The zero-order valence-electron chi connectivity index (χ0n) is 37.5. The van der Waals surface area contributed by atoms with Crippen molar-refractivity contribution < 1.29 is 24.2 Å². The van der Waals surface area contributed by atoms with Gasteiger partial charge in [0.2, 0.25) is 0 Å². The molecule has 0 aliphatic rings. The standard InChI is InChI=1S/C48H96N2O5/c1-5-9-13-17-19-25-33-45(31-23-15-11-7-3)43-54-47(52)35-27-21-29-39-50(41-37-49-38-42-51)40-30-22-28-36-48(53)55-44-46(32-24-16-12-8-4)34-26-20-18-14-10-6-2/h45-46,49,51H,5-44H2,1-4H3. The summed E-state index contributed by atoms with van der Waals surface area (Å²) in [5, 5.41) is 12.5. The Labute approximate surface area is 343 Å². The molecule has 2 unspecified atom stereocenters. The van der Waals surface area contributed by atoms with Crippen molar-refractivity contribution in [2.45, 2.75) is 233 Å². The first-order chi connectivity index (χ1) is 27.0. The van der Waals surface area contributed by atoms with Crippen LogP contribution in [-0.2, 0) is 19.1 Å². The average molecular weight is 781 g/mol. The highest BCUT2D eigenvalue weighted by Crippen LogP contribution is 2.21. The minimum absolute atomic E-state index is 0.0228. The molecule has 0 amide bonds. The lowest BCUT2D eigenvalue weighted by molar-refractivity contribution is -0.146. The highest BCUT2D eigenvalue weighted by molar-refractivity contribution is 5.69. The summed E-state index contributed by atoms with van der Waals surface area (Å²) in [4.78, 5) is 27.8. The molecular weight excluding hydrogens is 685 g/mol. The molecule has 2 atom stereocenters. The van der Waals surface area contributed by atoms with E-state index < -0.39 is 0 Å². The summed E-state index contributed by atoms with van der Waals surface area (Å²) in [7, 11) is 0. The minimum atomic E-state index is -0.0228. The molecule has 0 rings (SSSR count). The summed E-state index contributed by atoms with van der Waals surface area (Å²) in [5.74, 6) is 0.987. The summed E-state index contributed by atoms with van der Waals surface area (Å²) in [6.45, 7) is 14.9. The van der Waals surface area contributed by atoms with E-state index in [4.69, 9.17) is 9.47 Å². The van der Waals surface area contributed by atoms with Crippen molar-refractivity contribution >= 4 is 11.9 Å². The Balaban J connectivity index is 4.45. The second kappa shape index (κ2) is 43.9. The molecule has 0 aromatic carbocycles. The SMILES string of the molecule is CCCCCCCCC(CCCCCC)COC(=O)CCCCCN(CCCCCC(=O)OCC(CCCCCC)CCCCCCCC)CCNCCO. The van der Waals surface area contributed by atoms with Gasteiger partial charge in [-0.1, -0.05) is 169 Å². The fourth-order valence-electron chi connectivity index (χ4n) is 7.67. The fourth-order valence-corrected chi connectivity index (χ4v) is 7.67. The summed E-state index contributed by atoms with van der Waals surface area (Å²) >= 11 is 0. The van der Waals surface area contributed by atoms with Gasteiger partial charge in [0.25, 0.3) is 0 Å². The maximum absolute atomic E-state index is 12.6. The van der Waals surface area contributed by atoms with Crippen LogP contribution in [0.3, 0.4) is 0 Å². The third-order valence-electron chi connectivity index (χ3n) is 11.4. The number of ether oxygens (including phenoxy) is 2. The fraction of sp³-hybridized carbons (Fsp3) is 0.958. The van der Waals surface area contributed by atoms with Crippen molar-refractivity contribution in [3.8, 4) is 0 Å². The molecule has 2 N–H and O–H groups in total. The van der Waals surface area contributed by atoms with Crippen molar-refractivity contribution in [3.05, 3.63) is 0 Å². The van der Waals surface area contributed by atoms with Crippen LogP contribution in [0, 0.1) is 11.8 Å². The Morgan fingerprint density at radius 2 is 0.800 bits per heavy atom. The van der Waals surface area contributed by atoms with Gasteiger partial charge < -0.3 is 24.8 Å². The van der Waals surface area contributed by atoms with Crippen LogP contribution in [0.2, 0.25) is 0 Å². The van der Waals surface area contributed by atoms with Gasteiger partial charge in [-0.05, 0) is 76.3 Å². The van der Waals surface area contributed by atoms with Crippen LogP contribution < -0.4 is 5.32 Å². The number of aliphatic hydroxyl groups excluding tert-OH is 1. The molecule has 7 nitrogen and oxygen atoms in total. The number of aliphatic hydroxyl groups is 1. The van der Waals surface area contributed by atoms with Crippen molar-refractivity contribution in [2.75, 3.05) is 52.5 Å². The predicted octanol–water partition coefficient (Wildman–Crippen LogP) is 12.8. The Morgan fingerprint density at radius 3 is 1.18 bits per heavy atom. The molecule has 0 aromatic heterocycles. The number of rotatable bonds is 45. The molecule has 0 saturated carbocycles. The molecule has 0 heterocycles. The number of nitrogens with zero attached hydrogens (tertiary/aromatic N) is 1. The summed E-state index contributed by atoms with van der Waals surface area (Å²) in [6.07, 6.45) is 37.7. The van der Waals surface area contributed by atoms with Crippen LogP contribution in [-0.4, -0.2) is 74.5 Å². The van der Waals surface area contributed by atoms with Crippen LogP contribution in [0.15, 0.2) is 0 Å². The van der Waals surface area contributed by atoms with E-state index in [0.29, 0.717) is 44.4 Å². The zero-order valence-corrected chi connectivity index (χ0v) is 37.5. The number of esters is 2. The largest absolute Gasteiger partial charge is 0.465 e. The Hall–Kier alpha value is -1.18. The first-order valence-corrected chi connectivity index (χ1v) is 24.4. The van der Waals surface area contributed by atoms with Gasteiger partial charge in [0.05, 0.1) is 19.8 Å². The maximum Gasteiger partial charge on any atom is 0.305 e. The maximum atomic E-state index is 12.6. The van der Waals surface area contributed by atoms with Gasteiger partial charge in [-0.2, -0.15) is 0 Å². The van der Waals surface area contributed by atoms with Crippen LogP contribution in [0.4, 0.5) is 0 Å². The van der Waals surface area contributed by atoms with Crippen molar-refractivity contribution in [1.82, 2.24) is 10.2 Å². The Kier molecular flexibility index (Phi) is 43.0. The van der Waals surface area contributed by atoms with E-state index in [9.17, 15) is 14.7 Å². The number of nitrogens with one attached hydrogen (secondary N) is 1. The molecular formula is C48H96N2O5. The van der Waals surface area contributed by atoms with Crippen LogP contribution in [0.25, 0.3) is 0 Å². The number of hydrogen-bond donors (Lipinski definition) is 2. The van der Waals surface area contributed by atoms with E-state index in [2.05, 4.69) is 37.9 Å². The van der Waals surface area contributed by atoms with E-state index in [1.807, 2.05) is 0 Å². The van der Waals surface area contributed by atoms with Gasteiger partial charge in [-0.3, -0.25) is 9.59 Å². The van der Waals surface area contributed by atoms with Gasteiger partial charge in [-0.25, -0.2) is 0 Å². The third kappa shape index (κ3) is 39.4. The highest BCUT2D eigenvalue weighted by Gasteiger charge is 2.14. The third-order valence-corrected chi connectivity index (χ3v) is 11.4. The second-order valence-electron chi connectivity index (χ2n) is 16.8. The Bertz CT molecular complexity index is 738. The molecule has 0 fully saturated rings. The molecule has 0 aliphatic heterocycles. The van der Waals surface area contributed by atoms with E-state index >= 15 is 0 Å². The van der Waals surface area contributed by atoms with Crippen LogP contribution >= 0.6 is 0 Å². The number of carbonyl (C=O) groups excluding carboxylic acids is 2. The van der Waals surface area contributed by atoms with Gasteiger partial charge in [-0.15, -0.1) is 0 Å². The van der Waals surface area contributed by atoms with Gasteiger partial charge in [0.15, 0.2) is 0 Å². The second-order valence-corrected chi connectivity index (χ2v) is 16.8. The topological polar surface area (TPSA) is 88.1 Å². The van der Waals surface area contributed by atoms with Crippen molar-refractivity contribution in [1.29, 1.82) is 0 Å². The summed E-state index contributed by atoms with van der Waals surface area (Å²) in [6, 6.07) is 0. The van der Waals surface area contributed by atoms with Crippen LogP contribution in [0.1, 0.15) is 233 Å². The molecule has 0 aromatic rings. The van der Waals surface area contributed by atoms with E-state index in [1.54, 1.807) is 0 Å². The average Bonchev–Trinajstić information content (AvgIpc) is 3.19. The van der Waals surface area contributed by atoms with Gasteiger partial charge in [0, 0.05) is 32.5 Å². The monoisotopic (exact) mass is 781 g/mol. The van der Waals surface area contributed by atoms with Gasteiger partial charge >= 0.3 is 11.9 Å². The quantitative estimate of drug-likeness (QED) is 0.0470. The zero-order chi connectivity index (χ0) is 40.3. The van der Waals surface area contributed by atoms with E-state index in [1.165, 1.54) is 154 Å². The van der Waals surface area contributed by atoms with Gasteiger partial charge in [0.1, 0.15) is 0 Å². The first kappa shape index (κ1) is 53.8. The Morgan fingerprint density at radius 1 is 0.455 bits per heavy atom. The normalized spacial score (nSPS) is 12.7. The lowest BCUT2D eigenvalue weighted by Gasteiger charge is -2.22. The number of hydrogen-bond acceptors (Lipinski definition) is 7. The smallest absolute Gasteiger partial charge is 0.305 e. The lowest BCUT2D eigenvalue weighted by Crippen LogP contribution is -2.34. The first-order valence-electron chi connectivity index (χ1n) is 24.4. The molecule has 328 valence electrons. The van der Waals surface area contributed by atoms with Crippen molar-refractivity contribution in [3.63, 3.8) is 0 Å². The molecule has 0 bridgehead atoms. The summed E-state index contributed by atoms with van der Waals surface area (Å²) in [5.41, 5.74) is 0. The number of carbonyl (C=O) groups is 2. The molecule has 0 spiro atoms. The highest BCUT2D eigenvalue weighted by atomic mass is 16.5.